The first-order chi connectivity index (χ1) is 19.5. The lowest BCUT2D eigenvalue weighted by Gasteiger charge is -2.19. The first kappa shape index (κ1) is 29.7. The van der Waals surface area contributed by atoms with Crippen molar-refractivity contribution in [3.63, 3.8) is 0 Å². The quantitative estimate of drug-likeness (QED) is 0.211. The first-order valence-electron chi connectivity index (χ1n) is 13.6. The van der Waals surface area contributed by atoms with Gasteiger partial charge in [-0.2, -0.15) is 0 Å². The Balaban J connectivity index is 1.61. The second-order valence-electron chi connectivity index (χ2n) is 10.9. The molecular weight excluding hydrogens is 522 g/mol. The zero-order valence-electron chi connectivity index (χ0n) is 24.2. The summed E-state index contributed by atoms with van der Waals surface area (Å²) in [6.45, 7) is 9.86. The number of esters is 1. The molecule has 0 unspecified atom stereocenters. The summed E-state index contributed by atoms with van der Waals surface area (Å²) >= 11 is 0. The molecule has 0 bridgehead atoms. The number of fused-ring (bicyclic) bond motifs is 1. The Morgan fingerprint density at radius 1 is 1.00 bits per heavy atom. The molecule has 1 aromatic heterocycles. The molecule has 4 aromatic rings. The lowest BCUT2D eigenvalue weighted by molar-refractivity contribution is -0.142. The van der Waals surface area contributed by atoms with Gasteiger partial charge in [-0.1, -0.05) is 30.3 Å². The van der Waals surface area contributed by atoms with Gasteiger partial charge in [-0.3, -0.25) is 4.79 Å². The number of hydrogen-bond acceptors (Lipinski definition) is 7. The number of aryl methyl sites for hydroxylation is 1. The molecule has 0 radical (unpaired) electrons. The number of alkyl carbamates (subject to hydrolysis) is 1. The average molecular weight is 560 g/mol. The second kappa shape index (κ2) is 12.9. The molecule has 4 rings (SSSR count). The zero-order chi connectivity index (χ0) is 29.6. The normalized spacial score (nSPS) is 11.4. The van der Waals surface area contributed by atoms with Gasteiger partial charge in [-0.25, -0.2) is 4.79 Å². The number of nitrogens with one attached hydrogen (secondary N) is 1. The van der Waals surface area contributed by atoms with Crippen LogP contribution in [0.5, 0.6) is 5.75 Å². The first-order valence-corrected chi connectivity index (χ1v) is 13.6. The summed E-state index contributed by atoms with van der Waals surface area (Å²) in [7, 11) is 0. The number of furan rings is 1. The summed E-state index contributed by atoms with van der Waals surface area (Å²) in [5, 5.41) is 13.4. The molecule has 0 aliphatic carbocycles. The van der Waals surface area contributed by atoms with E-state index in [9.17, 15) is 14.7 Å². The molecule has 0 saturated heterocycles. The van der Waals surface area contributed by atoms with E-state index in [1.165, 1.54) is 0 Å². The minimum atomic E-state index is -0.582. The topological polar surface area (TPSA) is 107 Å². The minimum Gasteiger partial charge on any atom is -0.489 e. The highest BCUT2D eigenvalue weighted by Gasteiger charge is 2.17. The Kier molecular flexibility index (Phi) is 9.35. The van der Waals surface area contributed by atoms with Crippen LogP contribution in [0.2, 0.25) is 0 Å². The van der Waals surface area contributed by atoms with Gasteiger partial charge >= 0.3 is 12.1 Å². The van der Waals surface area contributed by atoms with Gasteiger partial charge in [-0.05, 0) is 87.2 Å². The lowest BCUT2D eigenvalue weighted by Crippen LogP contribution is -2.32. The largest absolute Gasteiger partial charge is 0.489 e. The number of hydrogen-bond donors (Lipinski definition) is 2. The van der Waals surface area contributed by atoms with Crippen molar-refractivity contribution in [3.8, 4) is 16.9 Å². The van der Waals surface area contributed by atoms with Crippen LogP contribution in [0.15, 0.2) is 65.1 Å². The van der Waals surface area contributed by atoms with Gasteiger partial charge < -0.3 is 29.1 Å². The maximum atomic E-state index is 12.2. The molecule has 8 heteroatoms. The van der Waals surface area contributed by atoms with Gasteiger partial charge in [0.1, 0.15) is 35.9 Å². The zero-order valence-corrected chi connectivity index (χ0v) is 24.2. The van der Waals surface area contributed by atoms with E-state index in [2.05, 4.69) is 5.32 Å². The summed E-state index contributed by atoms with van der Waals surface area (Å²) in [5.41, 5.74) is 5.33. The van der Waals surface area contributed by atoms with E-state index in [0.29, 0.717) is 30.2 Å². The van der Waals surface area contributed by atoms with E-state index >= 15 is 0 Å². The van der Waals surface area contributed by atoms with Crippen molar-refractivity contribution in [3.05, 3.63) is 88.7 Å². The highest BCUT2D eigenvalue weighted by molar-refractivity contribution is 5.93. The Hall–Kier alpha value is -4.30. The Labute approximate surface area is 240 Å². The predicted octanol–water partition coefficient (Wildman–Crippen LogP) is 6.61. The molecular formula is C33H37NO7. The molecule has 0 saturated carbocycles. The molecule has 0 aliphatic rings. The summed E-state index contributed by atoms with van der Waals surface area (Å²) < 4.78 is 22.7. The molecule has 3 aromatic carbocycles. The molecule has 216 valence electrons. The van der Waals surface area contributed by atoms with Crippen molar-refractivity contribution < 1.29 is 33.3 Å². The molecule has 1 heterocycles. The summed E-state index contributed by atoms with van der Waals surface area (Å²) in [5.74, 6) is 0.775. The lowest BCUT2D eigenvalue weighted by atomic mass is 9.99. The number of amides is 1. The van der Waals surface area contributed by atoms with Crippen molar-refractivity contribution in [2.75, 3.05) is 6.61 Å². The molecule has 0 spiro atoms. The fraction of sp³-hybridized carbons (Fsp3) is 0.333. The minimum absolute atomic E-state index is 0.124. The van der Waals surface area contributed by atoms with Crippen LogP contribution >= 0.6 is 0 Å². The monoisotopic (exact) mass is 559 g/mol. The van der Waals surface area contributed by atoms with Crippen LogP contribution in [-0.4, -0.2) is 29.4 Å². The van der Waals surface area contributed by atoms with Gasteiger partial charge in [0.2, 0.25) is 0 Å². The van der Waals surface area contributed by atoms with Gasteiger partial charge in [0.15, 0.2) is 0 Å². The smallest absolute Gasteiger partial charge is 0.407 e. The standard InChI is InChI=1S/C33H37NO7/c1-6-38-30(36)17-25-11-10-21(2)12-29(25)39-20-23-14-26-16-27(19-35)40-31(26)28(15-23)24-9-7-8-22(13-24)18-34-32(37)41-33(3,4)5/h7-16,35H,6,17-20H2,1-5H3,(H,34,37). The van der Waals surface area contributed by atoms with Crippen LogP contribution in [0, 0.1) is 6.92 Å². The third-order valence-corrected chi connectivity index (χ3v) is 6.21. The van der Waals surface area contributed by atoms with Gasteiger partial charge in [0.05, 0.1) is 13.0 Å². The van der Waals surface area contributed by atoms with E-state index in [0.717, 1.165) is 38.8 Å². The SMILES string of the molecule is CCOC(=O)Cc1ccc(C)cc1OCc1cc(-c2cccc(CNC(=O)OC(C)(C)C)c2)c2oc(CO)cc2c1. The third kappa shape index (κ3) is 8.11. The van der Waals surface area contributed by atoms with Gasteiger partial charge in [0, 0.05) is 23.1 Å². The number of carbonyl (C=O) groups is 2. The van der Waals surface area contributed by atoms with Crippen LogP contribution < -0.4 is 10.1 Å². The van der Waals surface area contributed by atoms with E-state index in [-0.39, 0.29) is 25.6 Å². The molecule has 1 amide bonds. The Bertz CT molecular complexity index is 1530. The molecule has 41 heavy (non-hydrogen) atoms. The maximum absolute atomic E-state index is 12.2. The molecule has 8 nitrogen and oxygen atoms in total. The fourth-order valence-corrected chi connectivity index (χ4v) is 4.45. The van der Waals surface area contributed by atoms with E-state index in [4.69, 9.17) is 18.6 Å². The number of aliphatic hydroxyl groups excluding tert-OH is 1. The number of benzene rings is 3. The van der Waals surface area contributed by atoms with E-state index < -0.39 is 11.7 Å². The van der Waals surface area contributed by atoms with E-state index in [1.54, 1.807) is 6.92 Å². The third-order valence-electron chi connectivity index (χ3n) is 6.21. The Morgan fingerprint density at radius 3 is 2.54 bits per heavy atom. The molecule has 0 atom stereocenters. The van der Waals surface area contributed by atoms with Crippen molar-refractivity contribution in [2.24, 2.45) is 0 Å². The average Bonchev–Trinajstić information content (AvgIpc) is 3.34. The van der Waals surface area contributed by atoms with Crippen LogP contribution in [0.1, 0.15) is 55.7 Å². The van der Waals surface area contributed by atoms with Crippen molar-refractivity contribution in [1.82, 2.24) is 5.32 Å². The second-order valence-corrected chi connectivity index (χ2v) is 10.9. The van der Waals surface area contributed by atoms with Gasteiger partial charge in [-0.15, -0.1) is 0 Å². The van der Waals surface area contributed by atoms with Crippen molar-refractivity contribution in [1.29, 1.82) is 0 Å². The predicted molar refractivity (Wildman–Crippen MR) is 156 cm³/mol. The molecule has 0 fully saturated rings. The number of ether oxygens (including phenoxy) is 3. The molecule has 0 aliphatic heterocycles. The fourth-order valence-electron chi connectivity index (χ4n) is 4.45. The van der Waals surface area contributed by atoms with Crippen LogP contribution in [0.25, 0.3) is 22.1 Å². The molecule has 2 N–H and O–H groups in total. The summed E-state index contributed by atoms with van der Waals surface area (Å²) in [4.78, 5) is 24.3. The van der Waals surface area contributed by atoms with E-state index in [1.807, 2.05) is 88.4 Å². The highest BCUT2D eigenvalue weighted by atomic mass is 16.6. The highest BCUT2D eigenvalue weighted by Crippen LogP contribution is 2.34. The summed E-state index contributed by atoms with van der Waals surface area (Å²) in [6, 6.07) is 19.3. The van der Waals surface area contributed by atoms with Crippen LogP contribution in [-0.2, 0) is 40.4 Å². The maximum Gasteiger partial charge on any atom is 0.407 e. The number of rotatable bonds is 10. The van der Waals surface area contributed by atoms with Crippen LogP contribution in [0.3, 0.4) is 0 Å². The summed E-state index contributed by atoms with van der Waals surface area (Å²) in [6.07, 6.45) is -0.360. The number of carbonyl (C=O) groups excluding carboxylic acids is 2. The van der Waals surface area contributed by atoms with Gasteiger partial charge in [0.25, 0.3) is 0 Å². The van der Waals surface area contributed by atoms with Crippen molar-refractivity contribution in [2.45, 2.75) is 66.4 Å². The number of aliphatic hydroxyl groups is 1. The van der Waals surface area contributed by atoms with Crippen molar-refractivity contribution >= 4 is 23.0 Å². The van der Waals surface area contributed by atoms with Crippen LogP contribution in [0.4, 0.5) is 4.79 Å². The Morgan fingerprint density at radius 2 is 1.80 bits per heavy atom.